The molecule has 1 aliphatic heterocycles. The van der Waals surface area contributed by atoms with Gasteiger partial charge in [0.25, 0.3) is 0 Å². The van der Waals surface area contributed by atoms with E-state index in [0.717, 1.165) is 18.8 Å². The molecule has 0 bridgehead atoms. The van der Waals surface area contributed by atoms with E-state index in [1.165, 1.54) is 19.3 Å². The van der Waals surface area contributed by atoms with Crippen LogP contribution in [0.1, 0.15) is 19.3 Å². The predicted molar refractivity (Wildman–Crippen MR) is 60.2 cm³/mol. The van der Waals surface area contributed by atoms with Gasteiger partial charge in [-0.15, -0.1) is 0 Å². The van der Waals surface area contributed by atoms with Crippen molar-refractivity contribution in [2.45, 2.75) is 19.3 Å². The highest BCUT2D eigenvalue weighted by Crippen LogP contribution is 2.21. The first-order chi connectivity index (χ1) is 6.88. The van der Waals surface area contributed by atoms with Gasteiger partial charge in [0.15, 0.2) is 0 Å². The van der Waals surface area contributed by atoms with Gasteiger partial charge in [-0.1, -0.05) is 24.6 Å². The SMILES string of the molecule is ClN(c1ccccc1)N1CCCCC1. The van der Waals surface area contributed by atoms with E-state index in [0.29, 0.717) is 0 Å². The van der Waals surface area contributed by atoms with Gasteiger partial charge in [0.2, 0.25) is 0 Å². The number of piperidine rings is 1. The Labute approximate surface area is 90.2 Å². The number of rotatable bonds is 2. The van der Waals surface area contributed by atoms with Gasteiger partial charge in [-0.05, 0) is 25.0 Å². The Kier molecular flexibility index (Phi) is 3.27. The van der Waals surface area contributed by atoms with E-state index in [1.807, 2.05) is 30.3 Å². The molecule has 3 heteroatoms. The van der Waals surface area contributed by atoms with Crippen LogP contribution in [0.2, 0.25) is 0 Å². The summed E-state index contributed by atoms with van der Waals surface area (Å²) in [6.07, 6.45) is 3.82. The summed E-state index contributed by atoms with van der Waals surface area (Å²) < 4.78 is 1.75. The maximum Gasteiger partial charge on any atom is 0.0708 e. The fourth-order valence-corrected chi connectivity index (χ4v) is 2.03. The number of benzene rings is 1. The molecule has 0 N–H and O–H groups in total. The molecule has 0 aromatic heterocycles. The average molecular weight is 211 g/mol. The molecule has 0 atom stereocenters. The first-order valence-corrected chi connectivity index (χ1v) is 5.47. The van der Waals surface area contributed by atoms with Crippen LogP contribution >= 0.6 is 11.8 Å². The Morgan fingerprint density at radius 1 is 1.00 bits per heavy atom. The van der Waals surface area contributed by atoms with Crippen LogP contribution in [0.25, 0.3) is 0 Å². The molecule has 2 rings (SSSR count). The van der Waals surface area contributed by atoms with Crippen molar-refractivity contribution in [2.24, 2.45) is 0 Å². The van der Waals surface area contributed by atoms with E-state index in [4.69, 9.17) is 11.8 Å². The van der Waals surface area contributed by atoms with Crippen LogP contribution in [0.15, 0.2) is 30.3 Å². The van der Waals surface area contributed by atoms with Crippen LogP contribution in [0.3, 0.4) is 0 Å². The maximum atomic E-state index is 6.24. The third-order valence-corrected chi connectivity index (χ3v) is 2.96. The van der Waals surface area contributed by atoms with Crippen molar-refractivity contribution in [3.8, 4) is 0 Å². The summed E-state index contributed by atoms with van der Waals surface area (Å²) in [5.74, 6) is 0. The van der Waals surface area contributed by atoms with Crippen LogP contribution in [-0.4, -0.2) is 18.1 Å². The molecule has 0 spiro atoms. The first kappa shape index (κ1) is 9.81. The van der Waals surface area contributed by atoms with Crippen molar-refractivity contribution in [1.82, 2.24) is 5.01 Å². The molecule has 76 valence electrons. The van der Waals surface area contributed by atoms with Crippen LogP contribution in [0.4, 0.5) is 5.69 Å². The van der Waals surface area contributed by atoms with Crippen molar-refractivity contribution >= 4 is 17.5 Å². The van der Waals surface area contributed by atoms with E-state index in [9.17, 15) is 0 Å². The molecular weight excluding hydrogens is 196 g/mol. The molecular formula is C11H15ClN2. The van der Waals surface area contributed by atoms with Gasteiger partial charge in [0.05, 0.1) is 5.69 Å². The molecule has 0 saturated carbocycles. The molecule has 1 aromatic rings. The van der Waals surface area contributed by atoms with Crippen molar-refractivity contribution in [3.63, 3.8) is 0 Å². The molecule has 0 unspecified atom stereocenters. The second-order valence-corrected chi connectivity index (χ2v) is 3.93. The monoisotopic (exact) mass is 210 g/mol. The molecule has 1 heterocycles. The summed E-state index contributed by atoms with van der Waals surface area (Å²) >= 11 is 6.24. The Morgan fingerprint density at radius 3 is 2.29 bits per heavy atom. The van der Waals surface area contributed by atoms with E-state index in [2.05, 4.69) is 5.01 Å². The number of hydrogen-bond acceptors (Lipinski definition) is 2. The lowest BCUT2D eigenvalue weighted by Gasteiger charge is -2.33. The molecule has 1 fully saturated rings. The highest BCUT2D eigenvalue weighted by molar-refractivity contribution is 6.25. The smallest absolute Gasteiger partial charge is 0.0708 e. The molecule has 0 radical (unpaired) electrons. The van der Waals surface area contributed by atoms with E-state index >= 15 is 0 Å². The summed E-state index contributed by atoms with van der Waals surface area (Å²) in [4.78, 5) is 0. The van der Waals surface area contributed by atoms with Gasteiger partial charge in [-0.2, -0.15) is 0 Å². The van der Waals surface area contributed by atoms with Gasteiger partial charge >= 0.3 is 0 Å². The minimum Gasteiger partial charge on any atom is -0.215 e. The number of hydrazine groups is 1. The van der Waals surface area contributed by atoms with E-state index in [1.54, 1.807) is 4.53 Å². The molecule has 1 saturated heterocycles. The van der Waals surface area contributed by atoms with Crippen LogP contribution < -0.4 is 4.53 Å². The molecule has 2 nitrogen and oxygen atoms in total. The quantitative estimate of drug-likeness (QED) is 0.693. The van der Waals surface area contributed by atoms with Gasteiger partial charge in [-0.3, -0.25) is 0 Å². The molecule has 1 aromatic carbocycles. The fraction of sp³-hybridized carbons (Fsp3) is 0.455. The third kappa shape index (κ3) is 2.20. The minimum absolute atomic E-state index is 1.05. The Balaban J connectivity index is 2.03. The average Bonchev–Trinajstić information content (AvgIpc) is 2.30. The first-order valence-electron chi connectivity index (χ1n) is 5.14. The summed E-state index contributed by atoms with van der Waals surface area (Å²) in [5, 5.41) is 2.19. The van der Waals surface area contributed by atoms with Gasteiger partial charge in [0.1, 0.15) is 0 Å². The Morgan fingerprint density at radius 2 is 1.64 bits per heavy atom. The zero-order valence-corrected chi connectivity index (χ0v) is 8.95. The highest BCUT2D eigenvalue weighted by atomic mass is 35.5. The Hall–Kier alpha value is -0.730. The third-order valence-electron chi connectivity index (χ3n) is 2.55. The summed E-state index contributed by atoms with van der Waals surface area (Å²) in [6.45, 7) is 2.14. The minimum atomic E-state index is 1.05. The normalized spacial score (nSPS) is 18.1. The second-order valence-electron chi connectivity index (χ2n) is 3.61. The standard InChI is InChI=1S/C11H15ClN2/c12-14(11-7-3-1-4-8-11)13-9-5-2-6-10-13/h1,3-4,7-8H,2,5-6,9-10H2. The van der Waals surface area contributed by atoms with Crippen molar-refractivity contribution in [2.75, 3.05) is 17.6 Å². The van der Waals surface area contributed by atoms with Gasteiger partial charge in [-0.25, -0.2) is 9.54 Å². The predicted octanol–water partition coefficient (Wildman–Crippen LogP) is 3.05. The largest absolute Gasteiger partial charge is 0.215 e. The van der Waals surface area contributed by atoms with E-state index in [-0.39, 0.29) is 0 Å². The van der Waals surface area contributed by atoms with Crippen molar-refractivity contribution < 1.29 is 0 Å². The van der Waals surface area contributed by atoms with E-state index < -0.39 is 0 Å². The lowest BCUT2D eigenvalue weighted by atomic mass is 10.2. The summed E-state index contributed by atoms with van der Waals surface area (Å²) in [6, 6.07) is 10.1. The van der Waals surface area contributed by atoms with Crippen molar-refractivity contribution in [1.29, 1.82) is 0 Å². The molecule has 0 amide bonds. The van der Waals surface area contributed by atoms with Crippen LogP contribution in [0, 0.1) is 0 Å². The zero-order chi connectivity index (χ0) is 9.80. The molecule has 0 aliphatic carbocycles. The Bertz CT molecular complexity index is 270. The van der Waals surface area contributed by atoms with Gasteiger partial charge in [0, 0.05) is 24.9 Å². The highest BCUT2D eigenvalue weighted by Gasteiger charge is 2.16. The lowest BCUT2D eigenvalue weighted by Crippen LogP contribution is -2.40. The lowest BCUT2D eigenvalue weighted by molar-refractivity contribution is 0.243. The van der Waals surface area contributed by atoms with Gasteiger partial charge < -0.3 is 0 Å². The number of nitrogens with zero attached hydrogens (tertiary/aromatic N) is 2. The molecule has 1 aliphatic rings. The van der Waals surface area contributed by atoms with Crippen LogP contribution in [-0.2, 0) is 0 Å². The molecule has 14 heavy (non-hydrogen) atoms. The summed E-state index contributed by atoms with van der Waals surface area (Å²) in [7, 11) is 0. The second kappa shape index (κ2) is 4.67. The topological polar surface area (TPSA) is 6.48 Å². The number of para-hydroxylation sites is 1. The van der Waals surface area contributed by atoms with Crippen molar-refractivity contribution in [3.05, 3.63) is 30.3 Å². The summed E-state index contributed by atoms with van der Waals surface area (Å²) in [5.41, 5.74) is 1.05. The zero-order valence-electron chi connectivity index (χ0n) is 8.19. The number of anilines is 1. The van der Waals surface area contributed by atoms with Crippen LogP contribution in [0.5, 0.6) is 0 Å². The fourth-order valence-electron chi connectivity index (χ4n) is 1.77. The maximum absolute atomic E-state index is 6.24. The number of halogens is 1. The number of hydrogen-bond donors (Lipinski definition) is 0.